The van der Waals surface area contributed by atoms with Gasteiger partial charge in [0.25, 0.3) is 0 Å². The number of nitrogens with one attached hydrogen (secondary N) is 1. The number of aryl methyl sites for hydroxylation is 1. The predicted octanol–water partition coefficient (Wildman–Crippen LogP) is 3.27. The van der Waals surface area contributed by atoms with Crippen LogP contribution in [0.1, 0.15) is 18.1 Å². The van der Waals surface area contributed by atoms with Crippen molar-refractivity contribution in [3.63, 3.8) is 0 Å². The van der Waals surface area contributed by atoms with Crippen LogP contribution in [0.15, 0.2) is 60.7 Å². The van der Waals surface area contributed by atoms with Crippen molar-refractivity contribution in [2.75, 3.05) is 63.8 Å². The summed E-state index contributed by atoms with van der Waals surface area (Å²) in [4.78, 5) is 19.4. The van der Waals surface area contributed by atoms with E-state index in [9.17, 15) is 4.79 Å². The molecular formula is C26H36N4O. The standard InChI is InChI=1S/C26H36N4O/c1-3-30(25-13-7-9-23(2)21-25)16-14-27-26(31)22-29-19-17-28(18-20-29)15-8-12-24-10-5-4-6-11-24/h4-13,21H,3,14-20,22H2,1-2H3,(H,27,31)/b12-8+. The van der Waals surface area contributed by atoms with Gasteiger partial charge in [-0.25, -0.2) is 0 Å². The fraction of sp³-hybridized carbons (Fsp3) is 0.423. The Bertz CT molecular complexity index is 828. The van der Waals surface area contributed by atoms with Crippen molar-refractivity contribution in [2.45, 2.75) is 13.8 Å². The third-order valence-electron chi connectivity index (χ3n) is 5.76. The van der Waals surface area contributed by atoms with Gasteiger partial charge in [0.05, 0.1) is 6.54 Å². The van der Waals surface area contributed by atoms with Crippen molar-refractivity contribution in [2.24, 2.45) is 0 Å². The molecule has 1 aliphatic heterocycles. The zero-order chi connectivity index (χ0) is 21.9. The minimum Gasteiger partial charge on any atom is -0.370 e. The molecule has 1 aliphatic rings. The van der Waals surface area contributed by atoms with Crippen LogP contribution in [0.2, 0.25) is 0 Å². The van der Waals surface area contributed by atoms with Gasteiger partial charge in [0, 0.05) is 58.0 Å². The molecule has 0 bridgehead atoms. The number of amides is 1. The molecule has 0 saturated carbocycles. The second-order valence-electron chi connectivity index (χ2n) is 8.16. The number of benzene rings is 2. The predicted molar refractivity (Wildman–Crippen MR) is 130 cm³/mol. The third-order valence-corrected chi connectivity index (χ3v) is 5.76. The number of carbonyl (C=O) groups excluding carboxylic acids is 1. The van der Waals surface area contributed by atoms with Crippen LogP contribution in [-0.4, -0.2) is 74.6 Å². The third kappa shape index (κ3) is 7.85. The topological polar surface area (TPSA) is 38.8 Å². The van der Waals surface area contributed by atoms with Gasteiger partial charge < -0.3 is 10.2 Å². The molecule has 1 N–H and O–H groups in total. The Kier molecular flexibility index (Phi) is 9.13. The monoisotopic (exact) mass is 420 g/mol. The van der Waals surface area contributed by atoms with E-state index < -0.39 is 0 Å². The fourth-order valence-electron chi connectivity index (χ4n) is 3.92. The van der Waals surface area contributed by atoms with Crippen molar-refractivity contribution >= 4 is 17.7 Å². The molecule has 0 spiro atoms. The van der Waals surface area contributed by atoms with Gasteiger partial charge in [-0.15, -0.1) is 0 Å². The van der Waals surface area contributed by atoms with E-state index in [1.54, 1.807) is 0 Å². The molecular weight excluding hydrogens is 384 g/mol. The minimum absolute atomic E-state index is 0.123. The van der Waals surface area contributed by atoms with E-state index in [1.807, 2.05) is 6.07 Å². The number of nitrogens with zero attached hydrogens (tertiary/aromatic N) is 3. The van der Waals surface area contributed by atoms with Gasteiger partial charge in [-0.1, -0.05) is 54.6 Å². The number of rotatable bonds is 10. The number of piperazine rings is 1. The van der Waals surface area contributed by atoms with Crippen molar-refractivity contribution in [1.29, 1.82) is 0 Å². The van der Waals surface area contributed by atoms with E-state index in [-0.39, 0.29) is 5.91 Å². The quantitative estimate of drug-likeness (QED) is 0.640. The highest BCUT2D eigenvalue weighted by molar-refractivity contribution is 5.78. The SMILES string of the molecule is CCN(CCNC(=O)CN1CCN(C/C=C/c2ccccc2)CC1)c1cccc(C)c1. The van der Waals surface area contributed by atoms with Crippen LogP contribution < -0.4 is 10.2 Å². The molecule has 2 aromatic carbocycles. The molecule has 3 rings (SSSR count). The molecule has 1 heterocycles. The lowest BCUT2D eigenvalue weighted by molar-refractivity contribution is -0.122. The number of anilines is 1. The molecule has 0 aromatic heterocycles. The highest BCUT2D eigenvalue weighted by atomic mass is 16.2. The van der Waals surface area contributed by atoms with Gasteiger partial charge in [-0.3, -0.25) is 14.6 Å². The Morgan fingerprint density at radius 2 is 1.77 bits per heavy atom. The summed E-state index contributed by atoms with van der Waals surface area (Å²) in [5.74, 6) is 0.123. The number of hydrogen-bond acceptors (Lipinski definition) is 4. The van der Waals surface area contributed by atoms with E-state index in [4.69, 9.17) is 0 Å². The van der Waals surface area contributed by atoms with Gasteiger partial charge in [-0.2, -0.15) is 0 Å². The molecule has 1 saturated heterocycles. The van der Waals surface area contributed by atoms with Crippen molar-refractivity contribution < 1.29 is 4.79 Å². The second kappa shape index (κ2) is 12.3. The molecule has 166 valence electrons. The summed E-state index contributed by atoms with van der Waals surface area (Å²) >= 11 is 0. The maximum Gasteiger partial charge on any atom is 0.234 e. The Morgan fingerprint density at radius 1 is 1.03 bits per heavy atom. The second-order valence-corrected chi connectivity index (χ2v) is 8.16. The largest absolute Gasteiger partial charge is 0.370 e. The Hall–Kier alpha value is -2.63. The Labute approximate surface area is 187 Å². The van der Waals surface area contributed by atoms with Crippen LogP contribution in [-0.2, 0) is 4.79 Å². The summed E-state index contributed by atoms with van der Waals surface area (Å²) in [5.41, 5.74) is 3.71. The van der Waals surface area contributed by atoms with Crippen LogP contribution in [0.5, 0.6) is 0 Å². The minimum atomic E-state index is 0.123. The highest BCUT2D eigenvalue weighted by Gasteiger charge is 2.18. The van der Waals surface area contributed by atoms with Crippen molar-refractivity contribution in [3.8, 4) is 0 Å². The summed E-state index contributed by atoms with van der Waals surface area (Å²) in [5, 5.41) is 3.10. The summed E-state index contributed by atoms with van der Waals surface area (Å²) in [7, 11) is 0. The average molecular weight is 421 g/mol. The van der Waals surface area contributed by atoms with Crippen LogP contribution in [0.25, 0.3) is 6.08 Å². The highest BCUT2D eigenvalue weighted by Crippen LogP contribution is 2.15. The summed E-state index contributed by atoms with van der Waals surface area (Å²) in [6.07, 6.45) is 4.40. The summed E-state index contributed by atoms with van der Waals surface area (Å²) in [6.45, 7) is 12.0. The van der Waals surface area contributed by atoms with Gasteiger partial charge in [0.2, 0.25) is 5.91 Å². The zero-order valence-corrected chi connectivity index (χ0v) is 19.0. The average Bonchev–Trinajstić information content (AvgIpc) is 2.79. The van der Waals surface area contributed by atoms with Gasteiger partial charge in [0.1, 0.15) is 0 Å². The zero-order valence-electron chi connectivity index (χ0n) is 19.0. The fourth-order valence-corrected chi connectivity index (χ4v) is 3.92. The molecule has 2 aromatic rings. The lowest BCUT2D eigenvalue weighted by Gasteiger charge is -2.33. The van der Waals surface area contributed by atoms with E-state index in [0.717, 1.165) is 45.8 Å². The van der Waals surface area contributed by atoms with Gasteiger partial charge >= 0.3 is 0 Å². The molecule has 0 aliphatic carbocycles. The summed E-state index contributed by atoms with van der Waals surface area (Å²) < 4.78 is 0. The van der Waals surface area contributed by atoms with Crippen LogP contribution in [0.3, 0.4) is 0 Å². The number of hydrogen-bond donors (Lipinski definition) is 1. The summed E-state index contributed by atoms with van der Waals surface area (Å²) in [6, 6.07) is 18.9. The number of carbonyl (C=O) groups is 1. The van der Waals surface area contributed by atoms with E-state index in [2.05, 4.69) is 94.5 Å². The van der Waals surface area contributed by atoms with E-state index in [0.29, 0.717) is 13.1 Å². The van der Waals surface area contributed by atoms with E-state index in [1.165, 1.54) is 16.8 Å². The lowest BCUT2D eigenvalue weighted by atomic mass is 10.2. The molecule has 1 fully saturated rings. The lowest BCUT2D eigenvalue weighted by Crippen LogP contribution is -2.49. The normalized spacial score (nSPS) is 15.3. The molecule has 0 atom stereocenters. The Balaban J connectivity index is 1.32. The first-order valence-electron chi connectivity index (χ1n) is 11.4. The van der Waals surface area contributed by atoms with Crippen LogP contribution >= 0.6 is 0 Å². The van der Waals surface area contributed by atoms with Gasteiger partial charge in [0.15, 0.2) is 0 Å². The van der Waals surface area contributed by atoms with Crippen LogP contribution in [0.4, 0.5) is 5.69 Å². The maximum absolute atomic E-state index is 12.4. The first kappa shape index (κ1) is 23.0. The molecule has 31 heavy (non-hydrogen) atoms. The molecule has 1 amide bonds. The molecule has 0 radical (unpaired) electrons. The maximum atomic E-state index is 12.4. The first-order chi connectivity index (χ1) is 15.1. The smallest absolute Gasteiger partial charge is 0.234 e. The van der Waals surface area contributed by atoms with Crippen LogP contribution in [0, 0.1) is 6.92 Å². The van der Waals surface area contributed by atoms with Crippen molar-refractivity contribution in [3.05, 3.63) is 71.8 Å². The molecule has 5 heteroatoms. The van der Waals surface area contributed by atoms with E-state index >= 15 is 0 Å². The molecule has 0 unspecified atom stereocenters. The number of likely N-dealkylation sites (N-methyl/N-ethyl adjacent to an activating group) is 1. The first-order valence-corrected chi connectivity index (χ1v) is 11.4. The Morgan fingerprint density at radius 3 is 2.48 bits per heavy atom. The van der Waals surface area contributed by atoms with Crippen molar-refractivity contribution in [1.82, 2.24) is 15.1 Å². The van der Waals surface area contributed by atoms with Gasteiger partial charge in [-0.05, 0) is 37.1 Å². The molecule has 5 nitrogen and oxygen atoms in total.